The van der Waals surface area contributed by atoms with Crippen molar-refractivity contribution in [1.29, 1.82) is 0 Å². The molecule has 130 valence electrons. The van der Waals surface area contributed by atoms with Crippen molar-refractivity contribution in [3.05, 3.63) is 52.5 Å². The fourth-order valence-electron chi connectivity index (χ4n) is 2.78. The molecule has 1 aliphatic rings. The van der Waals surface area contributed by atoms with Crippen LogP contribution in [0.5, 0.6) is 5.75 Å². The molecule has 2 aromatic carbocycles. The number of ether oxygens (including phenoxy) is 1. The number of halogens is 2. The Hall–Kier alpha value is -2.24. The molecule has 1 aliphatic heterocycles. The molecule has 2 aromatic rings. The Morgan fingerprint density at radius 3 is 2.60 bits per heavy atom. The lowest BCUT2D eigenvalue weighted by Gasteiger charge is -2.17. The predicted octanol–water partition coefficient (Wildman–Crippen LogP) is 3.99. The van der Waals surface area contributed by atoms with Gasteiger partial charge in [0, 0.05) is 40.5 Å². The van der Waals surface area contributed by atoms with E-state index in [1.54, 1.807) is 42.3 Å². The number of carbonyl (C=O) groups is 2. The van der Waals surface area contributed by atoms with E-state index >= 15 is 0 Å². The second-order valence-electron chi connectivity index (χ2n) is 5.75. The summed E-state index contributed by atoms with van der Waals surface area (Å²) in [5.74, 6) is -0.127. The van der Waals surface area contributed by atoms with Gasteiger partial charge in [-0.25, -0.2) is 0 Å². The van der Waals surface area contributed by atoms with Gasteiger partial charge in [0.1, 0.15) is 5.75 Å². The lowest BCUT2D eigenvalue weighted by atomic mass is 10.1. The topological polar surface area (TPSA) is 58.6 Å². The van der Waals surface area contributed by atoms with Gasteiger partial charge in [0.2, 0.25) is 11.8 Å². The van der Waals surface area contributed by atoms with Crippen molar-refractivity contribution in [3.8, 4) is 5.75 Å². The number of amides is 2. The average Bonchev–Trinajstić information content (AvgIpc) is 2.96. The monoisotopic (exact) mass is 378 g/mol. The normalized spacial score (nSPS) is 16.8. The van der Waals surface area contributed by atoms with Gasteiger partial charge in [0.05, 0.1) is 13.0 Å². The van der Waals surface area contributed by atoms with Gasteiger partial charge < -0.3 is 15.0 Å². The van der Waals surface area contributed by atoms with Crippen molar-refractivity contribution in [3.63, 3.8) is 0 Å². The van der Waals surface area contributed by atoms with E-state index in [-0.39, 0.29) is 18.2 Å². The number of carbonyl (C=O) groups excluding carboxylic acids is 2. The van der Waals surface area contributed by atoms with E-state index in [4.69, 9.17) is 27.9 Å². The minimum Gasteiger partial charge on any atom is -0.497 e. The van der Waals surface area contributed by atoms with Crippen LogP contribution < -0.4 is 15.0 Å². The summed E-state index contributed by atoms with van der Waals surface area (Å²) >= 11 is 11.9. The van der Waals surface area contributed by atoms with Crippen LogP contribution in [0.3, 0.4) is 0 Å². The predicted molar refractivity (Wildman–Crippen MR) is 98.5 cm³/mol. The summed E-state index contributed by atoms with van der Waals surface area (Å²) < 4.78 is 5.18. The molecule has 0 aromatic heterocycles. The van der Waals surface area contributed by atoms with E-state index in [9.17, 15) is 9.59 Å². The molecule has 5 nitrogen and oxygen atoms in total. The number of rotatable bonds is 4. The van der Waals surface area contributed by atoms with Crippen LogP contribution >= 0.6 is 23.2 Å². The molecule has 1 fully saturated rings. The highest BCUT2D eigenvalue weighted by atomic mass is 35.5. The quantitative estimate of drug-likeness (QED) is 0.874. The molecule has 1 atom stereocenters. The molecular weight excluding hydrogens is 363 g/mol. The molecule has 0 radical (unpaired) electrons. The molecule has 2 amide bonds. The molecule has 1 heterocycles. The summed E-state index contributed by atoms with van der Waals surface area (Å²) in [5.41, 5.74) is 1.22. The molecular formula is C18H16Cl2N2O3. The molecule has 3 rings (SSSR count). The number of hydrogen-bond acceptors (Lipinski definition) is 3. The fraction of sp³-hybridized carbons (Fsp3) is 0.222. The van der Waals surface area contributed by atoms with Crippen LogP contribution in [0.15, 0.2) is 42.5 Å². The molecule has 0 saturated carbocycles. The third-order valence-electron chi connectivity index (χ3n) is 3.99. The first-order valence-corrected chi connectivity index (χ1v) is 8.43. The van der Waals surface area contributed by atoms with Crippen molar-refractivity contribution >= 4 is 46.4 Å². The maximum Gasteiger partial charge on any atom is 0.229 e. The number of anilines is 2. The van der Waals surface area contributed by atoms with Crippen molar-refractivity contribution < 1.29 is 14.3 Å². The summed E-state index contributed by atoms with van der Waals surface area (Å²) in [6, 6.07) is 12.0. The average molecular weight is 379 g/mol. The van der Waals surface area contributed by atoms with E-state index in [0.717, 1.165) is 0 Å². The molecule has 25 heavy (non-hydrogen) atoms. The Morgan fingerprint density at radius 2 is 1.92 bits per heavy atom. The minimum absolute atomic E-state index is 0.0995. The van der Waals surface area contributed by atoms with Crippen LogP contribution in [0.1, 0.15) is 6.42 Å². The molecule has 1 N–H and O–H groups in total. The molecule has 1 saturated heterocycles. The second-order valence-corrected chi connectivity index (χ2v) is 6.63. The standard InChI is InChI=1S/C18H16Cl2N2O3/c1-25-16-4-2-3-15(9-16)22-10-11(5-17(22)23)18(24)21-14-7-12(19)6-13(20)8-14/h2-4,6-9,11H,5,10H2,1H3,(H,21,24). The largest absolute Gasteiger partial charge is 0.497 e. The zero-order valence-corrected chi connectivity index (χ0v) is 15.0. The van der Waals surface area contributed by atoms with E-state index in [2.05, 4.69) is 5.32 Å². The van der Waals surface area contributed by atoms with E-state index in [0.29, 0.717) is 33.7 Å². The smallest absolute Gasteiger partial charge is 0.229 e. The SMILES string of the molecule is COc1cccc(N2CC(C(=O)Nc3cc(Cl)cc(Cl)c3)CC2=O)c1. The van der Waals surface area contributed by atoms with Crippen LogP contribution in [0.2, 0.25) is 10.0 Å². The maximum atomic E-state index is 12.5. The lowest BCUT2D eigenvalue weighted by molar-refractivity contribution is -0.122. The van der Waals surface area contributed by atoms with Crippen LogP contribution in [0.25, 0.3) is 0 Å². The zero-order chi connectivity index (χ0) is 18.0. The van der Waals surface area contributed by atoms with Crippen LogP contribution in [0.4, 0.5) is 11.4 Å². The first-order valence-electron chi connectivity index (χ1n) is 7.67. The van der Waals surface area contributed by atoms with Gasteiger partial charge in [-0.15, -0.1) is 0 Å². The van der Waals surface area contributed by atoms with Gasteiger partial charge in [-0.1, -0.05) is 29.3 Å². The van der Waals surface area contributed by atoms with Crippen LogP contribution in [-0.2, 0) is 9.59 Å². The van der Waals surface area contributed by atoms with E-state index in [1.807, 2.05) is 12.1 Å². The fourth-order valence-corrected chi connectivity index (χ4v) is 3.31. The summed E-state index contributed by atoms with van der Waals surface area (Å²) in [7, 11) is 1.57. The van der Waals surface area contributed by atoms with Crippen LogP contribution in [-0.4, -0.2) is 25.5 Å². The van der Waals surface area contributed by atoms with Crippen molar-refractivity contribution in [2.75, 3.05) is 23.9 Å². The summed E-state index contributed by atoms with van der Waals surface area (Å²) in [5, 5.41) is 3.64. The van der Waals surface area contributed by atoms with Gasteiger partial charge in [0.25, 0.3) is 0 Å². The van der Waals surface area contributed by atoms with Gasteiger partial charge in [0.15, 0.2) is 0 Å². The van der Waals surface area contributed by atoms with Gasteiger partial charge in [-0.2, -0.15) is 0 Å². The Labute approximate surface area is 155 Å². The Balaban J connectivity index is 1.72. The van der Waals surface area contributed by atoms with Crippen molar-refractivity contribution in [2.45, 2.75) is 6.42 Å². The zero-order valence-electron chi connectivity index (χ0n) is 13.5. The maximum absolute atomic E-state index is 12.5. The van der Waals surface area contributed by atoms with Crippen molar-refractivity contribution in [2.24, 2.45) is 5.92 Å². The Morgan fingerprint density at radius 1 is 1.20 bits per heavy atom. The summed E-state index contributed by atoms with van der Waals surface area (Å²) in [6.07, 6.45) is 0.150. The summed E-state index contributed by atoms with van der Waals surface area (Å²) in [6.45, 7) is 0.312. The summed E-state index contributed by atoms with van der Waals surface area (Å²) in [4.78, 5) is 26.4. The first kappa shape index (κ1) is 17.6. The molecule has 0 spiro atoms. The van der Waals surface area contributed by atoms with Gasteiger partial charge in [-0.3, -0.25) is 9.59 Å². The van der Waals surface area contributed by atoms with E-state index < -0.39 is 5.92 Å². The number of hydrogen-bond donors (Lipinski definition) is 1. The second kappa shape index (κ2) is 7.33. The third-order valence-corrected chi connectivity index (χ3v) is 4.43. The molecule has 0 aliphatic carbocycles. The number of nitrogens with zero attached hydrogens (tertiary/aromatic N) is 1. The molecule has 7 heteroatoms. The third kappa shape index (κ3) is 4.06. The highest BCUT2D eigenvalue weighted by molar-refractivity contribution is 6.35. The van der Waals surface area contributed by atoms with Crippen LogP contribution in [0, 0.1) is 5.92 Å². The highest BCUT2D eigenvalue weighted by Gasteiger charge is 2.35. The van der Waals surface area contributed by atoms with Gasteiger partial charge >= 0.3 is 0 Å². The highest BCUT2D eigenvalue weighted by Crippen LogP contribution is 2.29. The first-order chi connectivity index (χ1) is 12.0. The number of nitrogens with one attached hydrogen (secondary N) is 1. The Bertz CT molecular complexity index is 805. The van der Waals surface area contributed by atoms with E-state index in [1.165, 1.54) is 0 Å². The van der Waals surface area contributed by atoms with Gasteiger partial charge in [-0.05, 0) is 30.3 Å². The number of benzene rings is 2. The lowest BCUT2D eigenvalue weighted by Crippen LogP contribution is -2.28. The molecule has 0 bridgehead atoms. The Kier molecular flexibility index (Phi) is 5.16. The minimum atomic E-state index is -0.448. The van der Waals surface area contributed by atoms with Crippen molar-refractivity contribution in [1.82, 2.24) is 0 Å². The number of methoxy groups -OCH3 is 1. The molecule has 1 unspecified atom stereocenters.